The molecule has 2 N–H and O–H groups in total. The van der Waals surface area contributed by atoms with Crippen molar-refractivity contribution in [1.82, 2.24) is 10.3 Å². The number of aliphatic carboxylic acids is 1. The molecule has 1 aliphatic heterocycles. The maximum Gasteiger partial charge on any atom is 0.321 e. The average molecular weight is 682 g/mol. The molecule has 4 aromatic carbocycles. The molecule has 1 atom stereocenters. The van der Waals surface area contributed by atoms with Gasteiger partial charge in [0.05, 0.1) is 27.9 Å². The lowest BCUT2D eigenvalue weighted by Crippen LogP contribution is -2.38. The minimum atomic E-state index is -0.987. The number of hydrogen-bond donors (Lipinski definition) is 2. The van der Waals surface area contributed by atoms with Crippen molar-refractivity contribution in [3.63, 3.8) is 0 Å². The van der Waals surface area contributed by atoms with Gasteiger partial charge in [-0.1, -0.05) is 48.0 Å². The Morgan fingerprint density at radius 1 is 1.02 bits per heavy atom. The predicted octanol–water partition coefficient (Wildman–Crippen LogP) is 7.36. The highest BCUT2D eigenvalue weighted by molar-refractivity contribution is 7.07. The molecular formula is C37H32ClN3O6S. The highest BCUT2D eigenvalue weighted by Crippen LogP contribution is 2.37. The van der Waals surface area contributed by atoms with E-state index in [-0.39, 0.29) is 26.2 Å². The standard InChI is InChI=1S/C37H32ClN3O6S/c1-23-27(6-3-7-30(23)26-8-9-33-36(14-26)45-11-10-44-33)20-47-35-16-34(46-19-25-5-2-4-24(12-25)17-39)28(13-31(35)38)18-40-32(37(42)43)15-29-21-48-22-41-29/h2-9,12-14,16,21-22,32,40H,10-11,15,18-20H2,1H3,(H,42,43)/t32-/m1/s1. The molecule has 6 rings (SSSR count). The monoisotopic (exact) mass is 681 g/mol. The number of rotatable bonds is 13. The number of carboxylic acid groups (broad SMARTS) is 1. The summed E-state index contributed by atoms with van der Waals surface area (Å²) in [6.07, 6.45) is 0.232. The second-order valence-corrected chi connectivity index (χ2v) is 12.3. The van der Waals surface area contributed by atoms with E-state index in [1.165, 1.54) is 11.3 Å². The van der Waals surface area contributed by atoms with Gasteiger partial charge in [-0.3, -0.25) is 10.1 Å². The fraction of sp³-hybridized carbons (Fsp3) is 0.216. The molecule has 5 aromatic rings. The Labute approximate surface area is 287 Å². The normalized spacial score (nSPS) is 12.6. The molecular weight excluding hydrogens is 650 g/mol. The minimum absolute atomic E-state index is 0.172. The molecule has 48 heavy (non-hydrogen) atoms. The fourth-order valence-electron chi connectivity index (χ4n) is 5.40. The first-order chi connectivity index (χ1) is 23.4. The summed E-state index contributed by atoms with van der Waals surface area (Å²) in [5, 5.41) is 24.5. The number of nitriles is 1. The lowest BCUT2D eigenvalue weighted by atomic mass is 9.96. The highest BCUT2D eigenvalue weighted by atomic mass is 35.5. The van der Waals surface area contributed by atoms with Crippen LogP contribution in [0.5, 0.6) is 23.0 Å². The third-order valence-corrected chi connectivity index (χ3v) is 8.91. The number of ether oxygens (including phenoxy) is 4. The number of carbonyl (C=O) groups is 1. The van der Waals surface area contributed by atoms with Gasteiger partial charge in [-0.25, -0.2) is 4.98 Å². The van der Waals surface area contributed by atoms with Crippen molar-refractivity contribution < 1.29 is 28.8 Å². The first-order valence-corrected chi connectivity index (χ1v) is 16.6. The predicted molar refractivity (Wildman–Crippen MR) is 183 cm³/mol. The number of thiazole rings is 1. The SMILES string of the molecule is Cc1c(COc2cc(OCc3cccc(C#N)c3)c(CN[C@H](Cc3cscn3)C(=O)O)cc2Cl)cccc1-c1ccc2c(c1)OCCO2. The third kappa shape index (κ3) is 7.89. The Bertz CT molecular complexity index is 1960. The number of nitrogens with zero attached hydrogens (tertiary/aromatic N) is 2. The summed E-state index contributed by atoms with van der Waals surface area (Å²) in [4.78, 5) is 16.3. The van der Waals surface area contributed by atoms with Crippen LogP contribution in [-0.4, -0.2) is 35.3 Å². The zero-order chi connectivity index (χ0) is 33.5. The van der Waals surface area contributed by atoms with E-state index in [2.05, 4.69) is 29.4 Å². The second kappa shape index (κ2) is 15.2. The molecule has 0 spiro atoms. The molecule has 0 fully saturated rings. The number of carboxylic acids is 1. The Hall–Kier alpha value is -5.08. The number of fused-ring (bicyclic) bond motifs is 1. The topological polar surface area (TPSA) is 123 Å². The molecule has 11 heteroatoms. The van der Waals surface area contributed by atoms with E-state index >= 15 is 0 Å². The zero-order valence-electron chi connectivity index (χ0n) is 26.1. The summed E-state index contributed by atoms with van der Waals surface area (Å²) in [7, 11) is 0. The van der Waals surface area contributed by atoms with E-state index in [0.29, 0.717) is 46.6 Å². The van der Waals surface area contributed by atoms with Gasteiger partial charge in [0.25, 0.3) is 0 Å². The largest absolute Gasteiger partial charge is 0.488 e. The molecule has 0 bridgehead atoms. The summed E-state index contributed by atoms with van der Waals surface area (Å²) in [5.41, 5.74) is 8.46. The molecule has 0 saturated heterocycles. The third-order valence-electron chi connectivity index (χ3n) is 7.98. The van der Waals surface area contributed by atoms with E-state index < -0.39 is 12.0 Å². The first kappa shape index (κ1) is 32.8. The molecule has 9 nitrogen and oxygen atoms in total. The van der Waals surface area contributed by atoms with Crippen LogP contribution in [0.4, 0.5) is 0 Å². The van der Waals surface area contributed by atoms with Gasteiger partial charge in [0.15, 0.2) is 11.5 Å². The van der Waals surface area contributed by atoms with Gasteiger partial charge in [-0.05, 0) is 65.1 Å². The van der Waals surface area contributed by atoms with Crippen molar-refractivity contribution in [1.29, 1.82) is 5.26 Å². The Morgan fingerprint density at radius 3 is 2.62 bits per heavy atom. The summed E-state index contributed by atoms with van der Waals surface area (Å²) >= 11 is 8.17. The number of aromatic nitrogens is 1. The van der Waals surface area contributed by atoms with Gasteiger partial charge in [-0.15, -0.1) is 11.3 Å². The second-order valence-electron chi connectivity index (χ2n) is 11.2. The van der Waals surface area contributed by atoms with Crippen molar-refractivity contribution >= 4 is 28.9 Å². The molecule has 244 valence electrons. The van der Waals surface area contributed by atoms with Gasteiger partial charge in [0.2, 0.25) is 0 Å². The smallest absolute Gasteiger partial charge is 0.321 e. The van der Waals surface area contributed by atoms with Crippen LogP contribution in [0.3, 0.4) is 0 Å². The van der Waals surface area contributed by atoms with E-state index in [9.17, 15) is 15.2 Å². The van der Waals surface area contributed by atoms with Gasteiger partial charge in [-0.2, -0.15) is 5.26 Å². The summed E-state index contributed by atoms with van der Waals surface area (Å²) in [6.45, 7) is 3.71. The van der Waals surface area contributed by atoms with E-state index in [1.807, 2.05) is 41.8 Å². The van der Waals surface area contributed by atoms with Crippen LogP contribution in [-0.2, 0) is 31.0 Å². The Balaban J connectivity index is 1.23. The first-order valence-electron chi connectivity index (χ1n) is 15.3. The number of hydrogen-bond acceptors (Lipinski definition) is 9. The number of nitrogens with one attached hydrogen (secondary N) is 1. The van der Waals surface area contributed by atoms with Crippen molar-refractivity contribution in [2.45, 2.75) is 39.1 Å². The van der Waals surface area contributed by atoms with Crippen LogP contribution in [0, 0.1) is 18.3 Å². The highest BCUT2D eigenvalue weighted by Gasteiger charge is 2.21. The van der Waals surface area contributed by atoms with Crippen molar-refractivity contribution in [3.8, 4) is 40.2 Å². The maximum atomic E-state index is 12.0. The minimum Gasteiger partial charge on any atom is -0.488 e. The van der Waals surface area contributed by atoms with Gasteiger partial charge in [0, 0.05) is 30.0 Å². The van der Waals surface area contributed by atoms with Gasteiger partial charge < -0.3 is 24.1 Å². The summed E-state index contributed by atoms with van der Waals surface area (Å²) < 4.78 is 24.0. The molecule has 0 saturated carbocycles. The number of halogens is 1. The van der Waals surface area contributed by atoms with Gasteiger partial charge >= 0.3 is 5.97 Å². The zero-order valence-corrected chi connectivity index (χ0v) is 27.6. The van der Waals surface area contributed by atoms with Crippen LogP contribution in [0.15, 0.2) is 83.7 Å². The molecule has 0 aliphatic carbocycles. The van der Waals surface area contributed by atoms with Crippen molar-refractivity contribution in [2.24, 2.45) is 0 Å². The lowest BCUT2D eigenvalue weighted by Gasteiger charge is -2.20. The van der Waals surface area contributed by atoms with Crippen molar-refractivity contribution in [2.75, 3.05) is 13.2 Å². The van der Waals surface area contributed by atoms with E-state index in [1.54, 1.807) is 35.8 Å². The van der Waals surface area contributed by atoms with Crippen LogP contribution in [0.25, 0.3) is 11.1 Å². The Morgan fingerprint density at radius 2 is 1.83 bits per heavy atom. The number of benzene rings is 4. The summed E-state index contributed by atoms with van der Waals surface area (Å²) in [6, 6.07) is 23.9. The molecule has 0 amide bonds. The Kier molecular flexibility index (Phi) is 10.4. The molecule has 2 heterocycles. The molecule has 1 aromatic heterocycles. The van der Waals surface area contributed by atoms with Crippen LogP contribution >= 0.6 is 22.9 Å². The van der Waals surface area contributed by atoms with Crippen LogP contribution < -0.4 is 24.3 Å². The average Bonchev–Trinajstić information content (AvgIpc) is 3.62. The van der Waals surface area contributed by atoms with Gasteiger partial charge in [0.1, 0.15) is 44.0 Å². The molecule has 1 aliphatic rings. The lowest BCUT2D eigenvalue weighted by molar-refractivity contribution is -0.139. The van der Waals surface area contributed by atoms with Crippen LogP contribution in [0.2, 0.25) is 5.02 Å². The fourth-order valence-corrected chi connectivity index (χ4v) is 6.21. The van der Waals surface area contributed by atoms with Crippen LogP contribution in [0.1, 0.15) is 33.5 Å². The molecule has 0 radical (unpaired) electrons. The summed E-state index contributed by atoms with van der Waals surface area (Å²) in [5.74, 6) is 1.38. The maximum absolute atomic E-state index is 12.0. The molecule has 0 unspecified atom stereocenters. The quantitative estimate of drug-likeness (QED) is 0.131. The van der Waals surface area contributed by atoms with E-state index in [4.69, 9.17) is 30.5 Å². The van der Waals surface area contributed by atoms with E-state index in [0.717, 1.165) is 39.3 Å². The van der Waals surface area contributed by atoms with Crippen molar-refractivity contribution in [3.05, 3.63) is 122 Å².